The molecule has 0 saturated carbocycles. The van der Waals surface area contributed by atoms with E-state index in [1.54, 1.807) is 23.1 Å². The molecule has 25 heavy (non-hydrogen) atoms. The lowest BCUT2D eigenvalue weighted by molar-refractivity contribution is 0.0954. The van der Waals surface area contributed by atoms with Crippen LogP contribution >= 0.6 is 23.1 Å². The summed E-state index contributed by atoms with van der Waals surface area (Å²) in [6.07, 6.45) is 8.31. The Bertz CT molecular complexity index is 734. The highest BCUT2D eigenvalue weighted by Crippen LogP contribution is 2.24. The molecule has 1 aromatic carbocycles. The number of allylic oxidation sites excluding steroid dienone is 1. The van der Waals surface area contributed by atoms with Crippen molar-refractivity contribution < 1.29 is 4.79 Å². The summed E-state index contributed by atoms with van der Waals surface area (Å²) in [5.41, 5.74) is 3.34. The van der Waals surface area contributed by atoms with Crippen molar-refractivity contribution >= 4 is 29.0 Å². The van der Waals surface area contributed by atoms with Crippen LogP contribution < -0.4 is 5.32 Å². The number of rotatable bonds is 7. The number of benzene rings is 1. The Morgan fingerprint density at radius 2 is 2.12 bits per heavy atom. The molecule has 0 spiro atoms. The highest BCUT2D eigenvalue weighted by atomic mass is 32.2. The van der Waals surface area contributed by atoms with Crippen LogP contribution in [0.2, 0.25) is 0 Å². The number of carbonyl (C=O) groups is 1. The molecule has 5 heteroatoms. The van der Waals surface area contributed by atoms with Gasteiger partial charge in [0.25, 0.3) is 5.91 Å². The minimum absolute atomic E-state index is 0.0167. The average Bonchev–Trinajstić information content (AvgIpc) is 3.06. The van der Waals surface area contributed by atoms with Crippen LogP contribution in [0, 0.1) is 6.92 Å². The van der Waals surface area contributed by atoms with Gasteiger partial charge in [-0.05, 0) is 63.3 Å². The average molecular weight is 373 g/mol. The first-order valence-electron chi connectivity index (χ1n) is 8.81. The van der Waals surface area contributed by atoms with Crippen molar-refractivity contribution in [2.45, 2.75) is 49.7 Å². The van der Waals surface area contributed by atoms with E-state index in [0.29, 0.717) is 0 Å². The lowest BCUT2D eigenvalue weighted by atomic mass is 9.97. The number of nitrogens with zero attached hydrogens (tertiary/aromatic N) is 1. The number of thiazole rings is 1. The molecular formula is C20H24N2OS2. The van der Waals surface area contributed by atoms with Gasteiger partial charge >= 0.3 is 0 Å². The van der Waals surface area contributed by atoms with Crippen LogP contribution in [0.25, 0.3) is 0 Å². The van der Waals surface area contributed by atoms with Crippen molar-refractivity contribution in [2.75, 3.05) is 6.54 Å². The van der Waals surface area contributed by atoms with Gasteiger partial charge < -0.3 is 5.32 Å². The summed E-state index contributed by atoms with van der Waals surface area (Å²) < 4.78 is 0. The molecule has 3 rings (SSSR count). The van der Waals surface area contributed by atoms with Gasteiger partial charge in [0.05, 0.1) is 10.7 Å². The van der Waals surface area contributed by atoms with Crippen molar-refractivity contribution in [3.05, 3.63) is 57.6 Å². The fourth-order valence-electron chi connectivity index (χ4n) is 2.90. The largest absolute Gasteiger partial charge is 0.352 e. The van der Waals surface area contributed by atoms with Gasteiger partial charge in [-0.25, -0.2) is 4.98 Å². The van der Waals surface area contributed by atoms with Gasteiger partial charge in [0.1, 0.15) is 0 Å². The van der Waals surface area contributed by atoms with Gasteiger partial charge in [-0.15, -0.1) is 23.1 Å². The lowest BCUT2D eigenvalue weighted by Gasteiger charge is -2.13. The number of thioether (sulfide) groups is 1. The zero-order chi connectivity index (χ0) is 17.5. The second-order valence-electron chi connectivity index (χ2n) is 6.28. The maximum atomic E-state index is 12.2. The molecule has 0 fully saturated rings. The normalized spacial score (nSPS) is 14.2. The summed E-state index contributed by atoms with van der Waals surface area (Å²) in [5.74, 6) is 0.883. The van der Waals surface area contributed by atoms with Gasteiger partial charge in [0.2, 0.25) is 0 Å². The second kappa shape index (κ2) is 9.20. The third-order valence-corrected chi connectivity index (χ3v) is 6.15. The molecule has 0 saturated heterocycles. The van der Waals surface area contributed by atoms with Crippen molar-refractivity contribution in [3.8, 4) is 0 Å². The summed E-state index contributed by atoms with van der Waals surface area (Å²) in [5, 5.41) is 6.24. The van der Waals surface area contributed by atoms with Gasteiger partial charge in [0.15, 0.2) is 0 Å². The Labute approximate surface area is 158 Å². The van der Waals surface area contributed by atoms with E-state index in [0.717, 1.165) is 39.9 Å². The predicted molar refractivity (Wildman–Crippen MR) is 106 cm³/mol. The molecule has 0 bridgehead atoms. The van der Waals surface area contributed by atoms with E-state index in [9.17, 15) is 4.79 Å². The number of aryl methyl sites for hydroxylation is 1. The SMILES string of the molecule is Cc1nc(CSc2ccc(C(=O)NCCC3=CCCCC3)cc2)cs1. The van der Waals surface area contributed by atoms with Crippen LogP contribution in [0.3, 0.4) is 0 Å². The molecule has 0 atom stereocenters. The zero-order valence-corrected chi connectivity index (χ0v) is 16.2. The minimum Gasteiger partial charge on any atom is -0.352 e. The smallest absolute Gasteiger partial charge is 0.251 e. The zero-order valence-electron chi connectivity index (χ0n) is 14.6. The Morgan fingerprint density at radius 3 is 2.80 bits per heavy atom. The van der Waals surface area contributed by atoms with E-state index >= 15 is 0 Å². The molecule has 1 aromatic heterocycles. The highest BCUT2D eigenvalue weighted by Gasteiger charge is 2.08. The van der Waals surface area contributed by atoms with Gasteiger partial charge in [-0.1, -0.05) is 11.6 Å². The summed E-state index contributed by atoms with van der Waals surface area (Å²) in [6, 6.07) is 7.85. The quantitative estimate of drug-likeness (QED) is 0.525. The first-order chi connectivity index (χ1) is 12.2. The maximum Gasteiger partial charge on any atom is 0.251 e. The molecule has 1 aliphatic carbocycles. The molecule has 1 aliphatic rings. The van der Waals surface area contributed by atoms with E-state index in [4.69, 9.17) is 0 Å². The van der Waals surface area contributed by atoms with Crippen molar-refractivity contribution in [1.29, 1.82) is 0 Å². The third kappa shape index (κ3) is 5.72. The van der Waals surface area contributed by atoms with Crippen molar-refractivity contribution in [2.24, 2.45) is 0 Å². The monoisotopic (exact) mass is 372 g/mol. The molecule has 132 valence electrons. The number of amides is 1. The second-order valence-corrected chi connectivity index (χ2v) is 8.40. The van der Waals surface area contributed by atoms with Gasteiger partial charge in [-0.3, -0.25) is 4.79 Å². The molecule has 3 nitrogen and oxygen atoms in total. The summed E-state index contributed by atoms with van der Waals surface area (Å²) >= 11 is 3.43. The fourth-order valence-corrected chi connectivity index (χ4v) is 4.41. The summed E-state index contributed by atoms with van der Waals surface area (Å²) in [4.78, 5) is 17.9. The molecule has 0 radical (unpaired) electrons. The van der Waals surface area contributed by atoms with Crippen LogP contribution in [-0.4, -0.2) is 17.4 Å². The molecule has 1 N–H and O–H groups in total. The number of aromatic nitrogens is 1. The minimum atomic E-state index is 0.0167. The van der Waals surface area contributed by atoms with Crippen molar-refractivity contribution in [3.63, 3.8) is 0 Å². The molecular weight excluding hydrogens is 348 g/mol. The Morgan fingerprint density at radius 1 is 1.28 bits per heavy atom. The van der Waals surface area contributed by atoms with Gasteiger partial charge in [-0.2, -0.15) is 0 Å². The van der Waals surface area contributed by atoms with Crippen LogP contribution in [0.1, 0.15) is 53.2 Å². The number of hydrogen-bond donors (Lipinski definition) is 1. The summed E-state index contributed by atoms with van der Waals surface area (Å²) in [7, 11) is 0. The number of nitrogens with one attached hydrogen (secondary N) is 1. The molecule has 1 heterocycles. The topological polar surface area (TPSA) is 42.0 Å². The van der Waals surface area contributed by atoms with E-state index in [-0.39, 0.29) is 5.91 Å². The van der Waals surface area contributed by atoms with Gasteiger partial charge in [0, 0.05) is 28.1 Å². The van der Waals surface area contributed by atoms with E-state index in [1.807, 2.05) is 31.2 Å². The van der Waals surface area contributed by atoms with Crippen LogP contribution in [-0.2, 0) is 5.75 Å². The Hall–Kier alpha value is -1.59. The molecule has 1 amide bonds. The first-order valence-corrected chi connectivity index (χ1v) is 10.7. The summed E-state index contributed by atoms with van der Waals surface area (Å²) in [6.45, 7) is 2.75. The number of carbonyl (C=O) groups excluding carboxylic acids is 1. The lowest BCUT2D eigenvalue weighted by Crippen LogP contribution is -2.24. The molecule has 2 aromatic rings. The van der Waals surface area contributed by atoms with Crippen molar-refractivity contribution in [1.82, 2.24) is 10.3 Å². The fraction of sp³-hybridized carbons (Fsp3) is 0.400. The van der Waals surface area contributed by atoms with Crippen LogP contribution in [0.15, 0.2) is 46.2 Å². The van der Waals surface area contributed by atoms with E-state index in [1.165, 1.54) is 31.3 Å². The Kier molecular flexibility index (Phi) is 6.70. The highest BCUT2D eigenvalue weighted by molar-refractivity contribution is 7.98. The number of hydrogen-bond acceptors (Lipinski definition) is 4. The Balaban J connectivity index is 1.44. The third-order valence-electron chi connectivity index (χ3n) is 4.29. The van der Waals surface area contributed by atoms with Crippen LogP contribution in [0.4, 0.5) is 0 Å². The van der Waals surface area contributed by atoms with E-state index < -0.39 is 0 Å². The van der Waals surface area contributed by atoms with E-state index in [2.05, 4.69) is 21.8 Å². The molecule has 0 unspecified atom stereocenters. The molecule has 0 aliphatic heterocycles. The van der Waals surface area contributed by atoms with Crippen LogP contribution in [0.5, 0.6) is 0 Å². The first kappa shape index (κ1) is 18.2. The predicted octanol–water partition coefficient (Wildman–Crippen LogP) is 5.36. The standard InChI is InChI=1S/C20H24N2OS2/c1-15-22-18(13-24-15)14-25-19-9-7-17(8-10-19)20(23)21-12-11-16-5-3-2-4-6-16/h5,7-10,13H,2-4,6,11-12,14H2,1H3,(H,21,23). The maximum absolute atomic E-state index is 12.2.